The van der Waals surface area contributed by atoms with Crippen molar-refractivity contribution in [1.29, 1.82) is 0 Å². The first-order valence-electron chi connectivity index (χ1n) is 6.73. The van der Waals surface area contributed by atoms with Gasteiger partial charge in [-0.25, -0.2) is 4.79 Å². The molecule has 0 heterocycles. The molecule has 0 rings (SSSR count). The van der Waals surface area contributed by atoms with Crippen LogP contribution in [0.15, 0.2) is 0 Å². The fraction of sp³-hybridized carbons (Fsp3) is 0.769. The highest BCUT2D eigenvalue weighted by molar-refractivity contribution is 5.75. The number of urea groups is 1. The molecule has 0 aromatic carbocycles. The molecule has 7 heteroatoms. The standard InChI is InChI=1S/C13H24N2O5/c1-4-20-12(18)7-8-15(3)13(19)14-9-10(2)5-6-11(16)17/h10H,4-9H2,1-3H3,(H,14,19)(H,16,17). The first kappa shape index (κ1) is 18.2. The third-order valence-corrected chi connectivity index (χ3v) is 2.76. The molecule has 2 N–H and O–H groups in total. The summed E-state index contributed by atoms with van der Waals surface area (Å²) in [6.07, 6.45) is 0.768. The molecule has 0 aliphatic carbocycles. The van der Waals surface area contributed by atoms with Gasteiger partial charge in [-0.3, -0.25) is 9.59 Å². The summed E-state index contributed by atoms with van der Waals surface area (Å²) in [5.74, 6) is -1.08. The summed E-state index contributed by atoms with van der Waals surface area (Å²) < 4.78 is 4.77. The Morgan fingerprint density at radius 3 is 2.50 bits per heavy atom. The number of rotatable bonds is 9. The SMILES string of the molecule is CCOC(=O)CCN(C)C(=O)NCC(C)CCC(=O)O. The Bertz CT molecular complexity index is 333. The molecule has 0 aliphatic rings. The fourth-order valence-corrected chi connectivity index (χ4v) is 1.46. The highest BCUT2D eigenvalue weighted by Crippen LogP contribution is 2.04. The van der Waals surface area contributed by atoms with Gasteiger partial charge in [0.25, 0.3) is 0 Å². The second kappa shape index (κ2) is 10.1. The third-order valence-electron chi connectivity index (χ3n) is 2.76. The first-order chi connectivity index (χ1) is 9.36. The molecule has 1 unspecified atom stereocenters. The van der Waals surface area contributed by atoms with Crippen LogP contribution in [0.4, 0.5) is 4.79 Å². The van der Waals surface area contributed by atoms with E-state index in [9.17, 15) is 14.4 Å². The highest BCUT2D eigenvalue weighted by atomic mass is 16.5. The lowest BCUT2D eigenvalue weighted by Crippen LogP contribution is -2.40. The minimum absolute atomic E-state index is 0.0912. The molecule has 0 aromatic rings. The average molecular weight is 288 g/mol. The van der Waals surface area contributed by atoms with Crippen LogP contribution in [0.3, 0.4) is 0 Å². The maximum atomic E-state index is 11.7. The van der Waals surface area contributed by atoms with Crippen molar-refractivity contribution in [2.75, 3.05) is 26.7 Å². The van der Waals surface area contributed by atoms with Crippen molar-refractivity contribution in [2.24, 2.45) is 5.92 Å². The van der Waals surface area contributed by atoms with Crippen LogP contribution in [0.2, 0.25) is 0 Å². The van der Waals surface area contributed by atoms with Gasteiger partial charge in [0.15, 0.2) is 0 Å². The van der Waals surface area contributed by atoms with E-state index in [1.807, 2.05) is 6.92 Å². The zero-order valence-corrected chi connectivity index (χ0v) is 12.3. The van der Waals surface area contributed by atoms with Crippen LogP contribution >= 0.6 is 0 Å². The highest BCUT2D eigenvalue weighted by Gasteiger charge is 2.12. The minimum atomic E-state index is -0.838. The van der Waals surface area contributed by atoms with Crippen molar-refractivity contribution in [3.05, 3.63) is 0 Å². The Labute approximate surface area is 119 Å². The van der Waals surface area contributed by atoms with Gasteiger partial charge < -0.3 is 20.1 Å². The molecule has 0 saturated heterocycles. The maximum absolute atomic E-state index is 11.7. The van der Waals surface area contributed by atoms with Gasteiger partial charge in [-0.1, -0.05) is 6.92 Å². The van der Waals surface area contributed by atoms with Gasteiger partial charge in [0.1, 0.15) is 0 Å². The Morgan fingerprint density at radius 1 is 1.30 bits per heavy atom. The molecule has 0 fully saturated rings. The number of carboxylic acids is 1. The number of hydrogen-bond donors (Lipinski definition) is 2. The predicted octanol–water partition coefficient (Wildman–Crippen LogP) is 1.08. The van der Waals surface area contributed by atoms with E-state index < -0.39 is 5.97 Å². The molecule has 20 heavy (non-hydrogen) atoms. The smallest absolute Gasteiger partial charge is 0.317 e. The van der Waals surface area contributed by atoms with Crippen LogP contribution < -0.4 is 5.32 Å². The molecule has 0 radical (unpaired) electrons. The lowest BCUT2D eigenvalue weighted by Gasteiger charge is -2.19. The average Bonchev–Trinajstić information content (AvgIpc) is 2.40. The zero-order valence-electron chi connectivity index (χ0n) is 12.3. The van der Waals surface area contributed by atoms with Gasteiger partial charge in [0.05, 0.1) is 13.0 Å². The fourth-order valence-electron chi connectivity index (χ4n) is 1.46. The Balaban J connectivity index is 3.84. The number of carbonyl (C=O) groups is 3. The molecule has 1 atom stereocenters. The lowest BCUT2D eigenvalue weighted by molar-refractivity contribution is -0.143. The second-order valence-electron chi connectivity index (χ2n) is 4.70. The van der Waals surface area contributed by atoms with Crippen molar-refractivity contribution in [2.45, 2.75) is 33.1 Å². The number of nitrogens with zero attached hydrogens (tertiary/aromatic N) is 1. The summed E-state index contributed by atoms with van der Waals surface area (Å²) >= 11 is 0. The number of nitrogens with one attached hydrogen (secondary N) is 1. The van der Waals surface area contributed by atoms with Gasteiger partial charge in [0, 0.05) is 26.6 Å². The second-order valence-corrected chi connectivity index (χ2v) is 4.70. The molecule has 7 nitrogen and oxygen atoms in total. The number of carboxylic acid groups (broad SMARTS) is 1. The van der Waals surface area contributed by atoms with Crippen molar-refractivity contribution in [3.8, 4) is 0 Å². The minimum Gasteiger partial charge on any atom is -0.481 e. The molecular formula is C13H24N2O5. The van der Waals surface area contributed by atoms with Crippen molar-refractivity contribution < 1.29 is 24.2 Å². The van der Waals surface area contributed by atoms with Gasteiger partial charge in [-0.2, -0.15) is 0 Å². The van der Waals surface area contributed by atoms with Crippen molar-refractivity contribution in [3.63, 3.8) is 0 Å². The summed E-state index contributed by atoms with van der Waals surface area (Å²) in [4.78, 5) is 34.7. The normalized spacial score (nSPS) is 11.6. The summed E-state index contributed by atoms with van der Waals surface area (Å²) in [5, 5.41) is 11.3. The van der Waals surface area contributed by atoms with Crippen LogP contribution in [0.1, 0.15) is 33.1 Å². The quantitative estimate of drug-likeness (QED) is 0.619. The van der Waals surface area contributed by atoms with Crippen LogP contribution in [-0.2, 0) is 14.3 Å². The van der Waals surface area contributed by atoms with Gasteiger partial charge in [0.2, 0.25) is 0 Å². The number of esters is 1. The first-order valence-corrected chi connectivity index (χ1v) is 6.73. The van der Waals surface area contributed by atoms with Crippen LogP contribution in [0.25, 0.3) is 0 Å². The number of carbonyl (C=O) groups excluding carboxylic acids is 2. The van der Waals surface area contributed by atoms with E-state index >= 15 is 0 Å². The number of hydrogen-bond acceptors (Lipinski definition) is 4. The molecule has 0 saturated carbocycles. The topological polar surface area (TPSA) is 95.9 Å². The van der Waals surface area contributed by atoms with Gasteiger partial charge in [-0.05, 0) is 19.3 Å². The zero-order chi connectivity index (χ0) is 15.5. The van der Waals surface area contributed by atoms with E-state index in [1.165, 1.54) is 4.90 Å². The third kappa shape index (κ3) is 9.18. The summed E-state index contributed by atoms with van der Waals surface area (Å²) in [7, 11) is 1.59. The van der Waals surface area contributed by atoms with E-state index in [2.05, 4.69) is 5.32 Å². The molecule has 0 bridgehead atoms. The maximum Gasteiger partial charge on any atom is 0.317 e. The van der Waals surface area contributed by atoms with Gasteiger partial charge >= 0.3 is 18.0 Å². The van der Waals surface area contributed by atoms with Crippen molar-refractivity contribution in [1.82, 2.24) is 10.2 Å². The Hall–Kier alpha value is -1.79. The van der Waals surface area contributed by atoms with Crippen molar-refractivity contribution >= 4 is 18.0 Å². The summed E-state index contributed by atoms with van der Waals surface area (Å²) in [6.45, 7) is 4.63. The molecule has 2 amide bonds. The van der Waals surface area contributed by atoms with Gasteiger partial charge in [-0.15, -0.1) is 0 Å². The Morgan fingerprint density at radius 2 is 1.95 bits per heavy atom. The Kier molecular flexibility index (Phi) is 9.15. The summed E-state index contributed by atoms with van der Waals surface area (Å²) in [5.41, 5.74) is 0. The molecule has 0 aliphatic heterocycles. The molecule has 116 valence electrons. The predicted molar refractivity (Wildman–Crippen MR) is 73.3 cm³/mol. The lowest BCUT2D eigenvalue weighted by atomic mass is 10.1. The molecule has 0 aromatic heterocycles. The van der Waals surface area contributed by atoms with E-state index in [0.29, 0.717) is 19.6 Å². The molecule has 0 spiro atoms. The van der Waals surface area contributed by atoms with Crippen LogP contribution in [0.5, 0.6) is 0 Å². The monoisotopic (exact) mass is 288 g/mol. The van der Waals surface area contributed by atoms with Crippen LogP contribution in [0, 0.1) is 5.92 Å². The summed E-state index contributed by atoms with van der Waals surface area (Å²) in [6, 6.07) is -0.281. The largest absolute Gasteiger partial charge is 0.481 e. The van der Waals surface area contributed by atoms with E-state index in [-0.39, 0.29) is 37.3 Å². The van der Waals surface area contributed by atoms with E-state index in [1.54, 1.807) is 14.0 Å². The van der Waals surface area contributed by atoms with E-state index in [0.717, 1.165) is 0 Å². The molecular weight excluding hydrogens is 264 g/mol. The number of amides is 2. The number of ether oxygens (including phenoxy) is 1. The number of aliphatic carboxylic acids is 1. The van der Waals surface area contributed by atoms with E-state index in [4.69, 9.17) is 9.84 Å². The van der Waals surface area contributed by atoms with Crippen LogP contribution in [-0.4, -0.2) is 54.7 Å².